The third-order valence-electron chi connectivity index (χ3n) is 3.37. The van der Waals surface area contributed by atoms with Crippen LogP contribution in [0.5, 0.6) is 0 Å². The summed E-state index contributed by atoms with van der Waals surface area (Å²) in [5, 5.41) is 0. The van der Waals surface area contributed by atoms with Crippen LogP contribution in [0.25, 0.3) is 0 Å². The molecule has 1 aromatic rings. The van der Waals surface area contributed by atoms with Crippen molar-refractivity contribution in [2.24, 2.45) is 0 Å². The molecule has 1 aliphatic heterocycles. The second kappa shape index (κ2) is 6.34. The van der Waals surface area contributed by atoms with Gasteiger partial charge in [0.1, 0.15) is 5.60 Å². The number of anilines is 1. The van der Waals surface area contributed by atoms with E-state index in [1.54, 1.807) is 11.1 Å². The summed E-state index contributed by atoms with van der Waals surface area (Å²) in [7, 11) is 0. The van der Waals surface area contributed by atoms with Crippen LogP contribution in [0.1, 0.15) is 26.5 Å². The molecule has 21 heavy (non-hydrogen) atoms. The fraction of sp³-hybridized carbons (Fsp3) is 0.714. The van der Waals surface area contributed by atoms with E-state index in [0.717, 1.165) is 31.7 Å². The number of nitrogens with zero attached hydrogens (tertiary/aromatic N) is 3. The Balaban J connectivity index is 1.72. The highest BCUT2D eigenvalue weighted by Gasteiger charge is 2.25. The summed E-state index contributed by atoms with van der Waals surface area (Å²) in [6.07, 6.45) is 2.44. The van der Waals surface area contributed by atoms with Crippen LogP contribution in [0.2, 0.25) is 0 Å². The maximum atomic E-state index is 12.0. The fourth-order valence-electron chi connectivity index (χ4n) is 2.26. The van der Waals surface area contributed by atoms with Crippen molar-refractivity contribution < 1.29 is 9.53 Å². The predicted molar refractivity (Wildman–Crippen MR) is 81.0 cm³/mol. The number of hydrogen-bond acceptors (Lipinski definition) is 5. The van der Waals surface area contributed by atoms with E-state index in [0.29, 0.717) is 19.0 Å². The quantitative estimate of drug-likeness (QED) is 0.871. The molecule has 0 aromatic carbocycles. The van der Waals surface area contributed by atoms with Crippen molar-refractivity contribution in [3.63, 3.8) is 0 Å². The average Bonchev–Trinajstić information content (AvgIpc) is 2.81. The molecule has 118 valence electrons. The molecule has 1 amide bonds. The van der Waals surface area contributed by atoms with Crippen LogP contribution in [-0.2, 0) is 11.2 Å². The van der Waals surface area contributed by atoms with Gasteiger partial charge in [-0.25, -0.2) is 9.78 Å². The van der Waals surface area contributed by atoms with Gasteiger partial charge in [0.2, 0.25) is 0 Å². The zero-order chi connectivity index (χ0) is 15.5. The summed E-state index contributed by atoms with van der Waals surface area (Å²) >= 11 is 0. The van der Waals surface area contributed by atoms with Crippen LogP contribution in [0, 0.1) is 0 Å². The molecule has 1 fully saturated rings. The number of hydrogen-bond donors (Lipinski definition) is 2. The number of imidazole rings is 1. The highest BCUT2D eigenvalue weighted by molar-refractivity contribution is 5.68. The Morgan fingerprint density at radius 2 is 2.05 bits per heavy atom. The van der Waals surface area contributed by atoms with E-state index in [1.807, 2.05) is 20.8 Å². The number of H-pyrrole nitrogens is 1. The van der Waals surface area contributed by atoms with Crippen molar-refractivity contribution in [3.05, 3.63) is 11.9 Å². The van der Waals surface area contributed by atoms with Crippen LogP contribution >= 0.6 is 0 Å². The molecule has 7 nitrogen and oxygen atoms in total. The minimum absolute atomic E-state index is 0.219. The largest absolute Gasteiger partial charge is 0.444 e. The highest BCUT2D eigenvalue weighted by Crippen LogP contribution is 2.12. The van der Waals surface area contributed by atoms with Gasteiger partial charge < -0.3 is 20.4 Å². The lowest BCUT2D eigenvalue weighted by Crippen LogP contribution is -2.50. The van der Waals surface area contributed by atoms with Gasteiger partial charge in [0, 0.05) is 44.8 Å². The van der Waals surface area contributed by atoms with Gasteiger partial charge in [0.25, 0.3) is 0 Å². The van der Waals surface area contributed by atoms with E-state index in [2.05, 4.69) is 14.9 Å². The van der Waals surface area contributed by atoms with Crippen molar-refractivity contribution in [2.45, 2.75) is 32.8 Å². The van der Waals surface area contributed by atoms with Gasteiger partial charge in [-0.05, 0) is 20.8 Å². The van der Waals surface area contributed by atoms with E-state index in [1.165, 1.54) is 0 Å². The number of amides is 1. The van der Waals surface area contributed by atoms with Crippen molar-refractivity contribution >= 4 is 12.0 Å². The summed E-state index contributed by atoms with van der Waals surface area (Å²) < 4.78 is 5.39. The molecular formula is C14H25N5O2. The van der Waals surface area contributed by atoms with Gasteiger partial charge >= 0.3 is 6.09 Å². The molecule has 1 aromatic heterocycles. The number of rotatable bonds is 3. The van der Waals surface area contributed by atoms with Crippen molar-refractivity contribution in [3.8, 4) is 0 Å². The van der Waals surface area contributed by atoms with Crippen LogP contribution < -0.4 is 5.73 Å². The fourth-order valence-corrected chi connectivity index (χ4v) is 2.26. The first-order valence-electron chi connectivity index (χ1n) is 7.33. The molecule has 0 radical (unpaired) electrons. The molecule has 2 heterocycles. The normalized spacial score (nSPS) is 17.0. The van der Waals surface area contributed by atoms with Gasteiger partial charge in [-0.15, -0.1) is 0 Å². The number of aromatic amines is 1. The molecular weight excluding hydrogens is 270 g/mol. The zero-order valence-electron chi connectivity index (χ0n) is 13.1. The molecule has 0 aliphatic carbocycles. The Bertz CT molecular complexity index is 472. The second-order valence-corrected chi connectivity index (χ2v) is 6.35. The third-order valence-corrected chi connectivity index (χ3v) is 3.37. The number of aromatic nitrogens is 2. The van der Waals surface area contributed by atoms with E-state index in [4.69, 9.17) is 10.5 Å². The smallest absolute Gasteiger partial charge is 0.410 e. The number of carbonyl (C=O) groups is 1. The van der Waals surface area contributed by atoms with Gasteiger partial charge in [-0.3, -0.25) is 4.90 Å². The summed E-state index contributed by atoms with van der Waals surface area (Å²) in [6, 6.07) is 0. The molecule has 0 saturated carbocycles. The van der Waals surface area contributed by atoms with E-state index < -0.39 is 5.60 Å². The Hall–Kier alpha value is -1.76. The van der Waals surface area contributed by atoms with Gasteiger partial charge in [0.15, 0.2) is 5.95 Å². The van der Waals surface area contributed by atoms with Crippen LogP contribution in [-0.4, -0.2) is 64.2 Å². The second-order valence-electron chi connectivity index (χ2n) is 6.35. The number of piperazine rings is 1. The molecule has 0 atom stereocenters. The first-order valence-corrected chi connectivity index (χ1v) is 7.33. The maximum absolute atomic E-state index is 12.0. The van der Waals surface area contributed by atoms with Crippen LogP contribution in [0.15, 0.2) is 6.20 Å². The molecule has 3 N–H and O–H groups in total. The number of ether oxygens (including phenoxy) is 1. The van der Waals surface area contributed by atoms with Gasteiger partial charge in [-0.1, -0.05) is 0 Å². The number of nitrogens with two attached hydrogens (primary N) is 1. The summed E-state index contributed by atoms with van der Waals surface area (Å²) in [4.78, 5) is 23.1. The summed E-state index contributed by atoms with van der Waals surface area (Å²) in [6.45, 7) is 9.74. The minimum atomic E-state index is -0.436. The third kappa shape index (κ3) is 4.93. The van der Waals surface area contributed by atoms with E-state index in [-0.39, 0.29) is 6.09 Å². The average molecular weight is 295 g/mol. The highest BCUT2D eigenvalue weighted by atomic mass is 16.6. The Morgan fingerprint density at radius 3 is 2.57 bits per heavy atom. The molecule has 1 aliphatic rings. The standard InChI is InChI=1S/C14H25N5O2/c1-14(2,3)21-13(20)19-8-6-18(7-9-19)5-4-11-10-16-12(15)17-11/h10H,4-9H2,1-3H3,(H3,15,16,17). The zero-order valence-corrected chi connectivity index (χ0v) is 13.1. The maximum Gasteiger partial charge on any atom is 0.410 e. The van der Waals surface area contributed by atoms with Crippen molar-refractivity contribution in [2.75, 3.05) is 38.5 Å². The number of carbonyl (C=O) groups excluding carboxylic acids is 1. The first kappa shape index (κ1) is 15.6. The summed E-state index contributed by atoms with van der Waals surface area (Å²) in [5.74, 6) is 0.458. The molecule has 7 heteroatoms. The predicted octanol–water partition coefficient (Wildman–Crippen LogP) is 1.09. The first-order chi connectivity index (χ1) is 9.83. The Labute approximate surface area is 125 Å². The Morgan fingerprint density at radius 1 is 1.38 bits per heavy atom. The molecule has 0 unspecified atom stereocenters. The van der Waals surface area contributed by atoms with E-state index in [9.17, 15) is 4.79 Å². The van der Waals surface area contributed by atoms with E-state index >= 15 is 0 Å². The van der Waals surface area contributed by atoms with Gasteiger partial charge in [-0.2, -0.15) is 0 Å². The lowest BCUT2D eigenvalue weighted by atomic mass is 10.2. The van der Waals surface area contributed by atoms with Crippen molar-refractivity contribution in [1.82, 2.24) is 19.8 Å². The SMILES string of the molecule is CC(C)(C)OC(=O)N1CCN(CCc2cnc(N)[nH]2)CC1. The molecule has 0 spiro atoms. The van der Waals surface area contributed by atoms with Crippen LogP contribution in [0.3, 0.4) is 0 Å². The number of nitrogen functional groups attached to an aromatic ring is 1. The minimum Gasteiger partial charge on any atom is -0.444 e. The van der Waals surface area contributed by atoms with Gasteiger partial charge in [0.05, 0.1) is 6.20 Å². The monoisotopic (exact) mass is 295 g/mol. The number of nitrogens with one attached hydrogen (secondary N) is 1. The lowest BCUT2D eigenvalue weighted by Gasteiger charge is -2.35. The van der Waals surface area contributed by atoms with Crippen LogP contribution in [0.4, 0.5) is 10.7 Å². The molecule has 2 rings (SSSR count). The summed E-state index contributed by atoms with van der Waals surface area (Å²) in [5.41, 5.74) is 6.16. The lowest BCUT2D eigenvalue weighted by molar-refractivity contribution is 0.0146. The topological polar surface area (TPSA) is 87.5 Å². The molecule has 0 bridgehead atoms. The Kier molecular flexibility index (Phi) is 4.72. The van der Waals surface area contributed by atoms with Crippen molar-refractivity contribution in [1.29, 1.82) is 0 Å². The molecule has 1 saturated heterocycles.